The molecule has 1 rings (SSSR count). The molecule has 0 saturated carbocycles. The Kier molecular flexibility index (Phi) is 7.13. The van der Waals surface area contributed by atoms with Crippen LogP contribution in [0.3, 0.4) is 0 Å². The van der Waals surface area contributed by atoms with Gasteiger partial charge in [-0.3, -0.25) is 4.79 Å². The first kappa shape index (κ1) is 17.1. The van der Waals surface area contributed by atoms with Crippen molar-refractivity contribution in [3.05, 3.63) is 22.2 Å². The van der Waals surface area contributed by atoms with Gasteiger partial charge in [-0.05, 0) is 24.5 Å². The number of amides is 1. The van der Waals surface area contributed by atoms with E-state index >= 15 is 0 Å². The zero-order valence-electron chi connectivity index (χ0n) is 11.7. The minimum Gasteiger partial charge on any atom is -0.399 e. The summed E-state index contributed by atoms with van der Waals surface area (Å²) in [5.74, 6) is 0.402. The Bertz CT molecular complexity index is 441. The topological polar surface area (TPSA) is 64.3 Å². The van der Waals surface area contributed by atoms with Gasteiger partial charge in [-0.2, -0.15) is 0 Å². The van der Waals surface area contributed by atoms with Crippen molar-refractivity contribution in [2.24, 2.45) is 5.92 Å². The van der Waals surface area contributed by atoms with Crippen molar-refractivity contribution in [1.82, 2.24) is 0 Å². The third kappa shape index (κ3) is 5.99. The van der Waals surface area contributed by atoms with Gasteiger partial charge in [0.15, 0.2) is 0 Å². The lowest BCUT2D eigenvalue weighted by molar-refractivity contribution is -0.117. The SMILES string of the molecule is CC(C)CCOCCC(=O)Nc1c(Cl)cc(N)cc1Cl. The van der Waals surface area contributed by atoms with Crippen molar-refractivity contribution in [2.45, 2.75) is 26.7 Å². The molecule has 0 saturated heterocycles. The maximum atomic E-state index is 11.8. The van der Waals surface area contributed by atoms with Crippen LogP contribution in [0.2, 0.25) is 10.0 Å². The lowest BCUT2D eigenvalue weighted by Crippen LogP contribution is -2.15. The molecule has 0 aromatic heterocycles. The number of anilines is 2. The van der Waals surface area contributed by atoms with E-state index in [0.29, 0.717) is 40.6 Å². The fourth-order valence-corrected chi connectivity index (χ4v) is 2.10. The fourth-order valence-electron chi connectivity index (χ4n) is 1.50. The molecule has 0 aliphatic heterocycles. The van der Waals surface area contributed by atoms with Crippen LogP contribution in [0, 0.1) is 5.92 Å². The first-order valence-corrected chi connectivity index (χ1v) is 7.28. The average molecular weight is 319 g/mol. The van der Waals surface area contributed by atoms with Crippen LogP contribution < -0.4 is 11.1 Å². The van der Waals surface area contributed by atoms with Crippen molar-refractivity contribution in [3.63, 3.8) is 0 Å². The number of carbonyl (C=O) groups excluding carboxylic acids is 1. The smallest absolute Gasteiger partial charge is 0.226 e. The number of ether oxygens (including phenoxy) is 1. The molecule has 6 heteroatoms. The second-order valence-electron chi connectivity index (χ2n) is 4.95. The van der Waals surface area contributed by atoms with E-state index in [1.165, 1.54) is 0 Å². The number of halogens is 2. The highest BCUT2D eigenvalue weighted by atomic mass is 35.5. The molecule has 0 bridgehead atoms. The Morgan fingerprint density at radius 1 is 1.30 bits per heavy atom. The molecule has 0 atom stereocenters. The van der Waals surface area contributed by atoms with Crippen LogP contribution >= 0.6 is 23.2 Å². The number of carbonyl (C=O) groups is 1. The molecule has 0 aliphatic rings. The number of hydrogen-bond donors (Lipinski definition) is 2. The van der Waals surface area contributed by atoms with Gasteiger partial charge in [-0.25, -0.2) is 0 Å². The maximum absolute atomic E-state index is 11.8. The Balaban J connectivity index is 2.39. The summed E-state index contributed by atoms with van der Waals surface area (Å²) >= 11 is 12.0. The molecule has 1 amide bonds. The van der Waals surface area contributed by atoms with Crippen LogP contribution in [0.4, 0.5) is 11.4 Å². The van der Waals surface area contributed by atoms with Gasteiger partial charge in [0, 0.05) is 12.3 Å². The molecule has 0 spiro atoms. The van der Waals surface area contributed by atoms with Crippen molar-refractivity contribution in [1.29, 1.82) is 0 Å². The molecule has 1 aromatic rings. The normalized spacial score (nSPS) is 10.8. The first-order chi connectivity index (χ1) is 9.40. The third-order valence-corrected chi connectivity index (χ3v) is 3.24. The number of rotatable bonds is 7. The molecule has 20 heavy (non-hydrogen) atoms. The Morgan fingerprint density at radius 2 is 1.90 bits per heavy atom. The lowest BCUT2D eigenvalue weighted by atomic mass is 10.1. The summed E-state index contributed by atoms with van der Waals surface area (Å²) in [6, 6.07) is 3.09. The molecule has 3 N–H and O–H groups in total. The number of nitrogens with one attached hydrogen (secondary N) is 1. The monoisotopic (exact) mass is 318 g/mol. The number of hydrogen-bond acceptors (Lipinski definition) is 3. The lowest BCUT2D eigenvalue weighted by Gasteiger charge is -2.10. The van der Waals surface area contributed by atoms with Crippen molar-refractivity contribution in [2.75, 3.05) is 24.3 Å². The summed E-state index contributed by atoms with van der Waals surface area (Å²) < 4.78 is 5.39. The summed E-state index contributed by atoms with van der Waals surface area (Å²) in [6.07, 6.45) is 1.24. The molecule has 1 aromatic carbocycles. The number of benzene rings is 1. The molecular formula is C14H20Cl2N2O2. The van der Waals surface area contributed by atoms with E-state index in [1.54, 1.807) is 12.1 Å². The minimum atomic E-state index is -0.192. The largest absolute Gasteiger partial charge is 0.399 e. The Hall–Kier alpha value is -0.970. The number of nitrogen functional groups attached to an aromatic ring is 1. The summed E-state index contributed by atoms with van der Waals surface area (Å²) in [5.41, 5.74) is 6.43. The predicted molar refractivity (Wildman–Crippen MR) is 84.4 cm³/mol. The summed E-state index contributed by atoms with van der Waals surface area (Å²) in [4.78, 5) is 11.8. The van der Waals surface area contributed by atoms with E-state index in [0.717, 1.165) is 6.42 Å². The van der Waals surface area contributed by atoms with Gasteiger partial charge in [0.25, 0.3) is 0 Å². The summed E-state index contributed by atoms with van der Waals surface area (Å²) in [7, 11) is 0. The van der Waals surface area contributed by atoms with E-state index in [4.69, 9.17) is 33.7 Å². The van der Waals surface area contributed by atoms with Crippen LogP contribution in [0.25, 0.3) is 0 Å². The van der Waals surface area contributed by atoms with E-state index in [2.05, 4.69) is 19.2 Å². The minimum absolute atomic E-state index is 0.192. The van der Waals surface area contributed by atoms with E-state index in [-0.39, 0.29) is 12.3 Å². The second-order valence-corrected chi connectivity index (χ2v) is 5.77. The van der Waals surface area contributed by atoms with Crippen molar-refractivity contribution in [3.8, 4) is 0 Å². The molecule has 4 nitrogen and oxygen atoms in total. The van der Waals surface area contributed by atoms with Gasteiger partial charge in [0.2, 0.25) is 5.91 Å². The highest BCUT2D eigenvalue weighted by Gasteiger charge is 2.11. The molecule has 0 unspecified atom stereocenters. The van der Waals surface area contributed by atoms with Gasteiger partial charge in [0.1, 0.15) is 0 Å². The van der Waals surface area contributed by atoms with Crippen molar-refractivity contribution < 1.29 is 9.53 Å². The summed E-state index contributed by atoms with van der Waals surface area (Å²) in [6.45, 7) is 5.29. The van der Waals surface area contributed by atoms with Crippen LogP contribution in [-0.2, 0) is 9.53 Å². The first-order valence-electron chi connectivity index (χ1n) is 6.52. The van der Waals surface area contributed by atoms with Crippen molar-refractivity contribution >= 4 is 40.5 Å². The molecule has 0 aliphatic carbocycles. The zero-order valence-corrected chi connectivity index (χ0v) is 13.2. The molecule has 112 valence electrons. The van der Waals surface area contributed by atoms with E-state index in [1.807, 2.05) is 0 Å². The third-order valence-electron chi connectivity index (χ3n) is 2.64. The van der Waals surface area contributed by atoms with Crippen LogP contribution in [0.1, 0.15) is 26.7 Å². The number of nitrogens with two attached hydrogens (primary N) is 1. The fraction of sp³-hybridized carbons (Fsp3) is 0.500. The Morgan fingerprint density at radius 3 is 2.45 bits per heavy atom. The zero-order chi connectivity index (χ0) is 15.1. The second kappa shape index (κ2) is 8.35. The van der Waals surface area contributed by atoms with Gasteiger partial charge >= 0.3 is 0 Å². The Labute approximate surface area is 129 Å². The maximum Gasteiger partial charge on any atom is 0.226 e. The predicted octanol–water partition coefficient (Wildman–Crippen LogP) is 3.97. The van der Waals surface area contributed by atoms with Gasteiger partial charge in [0.05, 0.1) is 28.8 Å². The molecular weight excluding hydrogens is 299 g/mol. The average Bonchev–Trinajstić information content (AvgIpc) is 2.33. The molecule has 0 radical (unpaired) electrons. The highest BCUT2D eigenvalue weighted by molar-refractivity contribution is 6.40. The molecule has 0 heterocycles. The highest BCUT2D eigenvalue weighted by Crippen LogP contribution is 2.32. The van der Waals surface area contributed by atoms with Gasteiger partial charge in [-0.1, -0.05) is 37.0 Å². The standard InChI is InChI=1S/C14H20Cl2N2O2/c1-9(2)3-5-20-6-4-13(19)18-14-11(15)7-10(17)8-12(14)16/h7-9H,3-6,17H2,1-2H3,(H,18,19). The van der Waals surface area contributed by atoms with Crippen LogP contribution in [-0.4, -0.2) is 19.1 Å². The van der Waals surface area contributed by atoms with Gasteiger partial charge < -0.3 is 15.8 Å². The van der Waals surface area contributed by atoms with Crippen LogP contribution in [0.5, 0.6) is 0 Å². The summed E-state index contributed by atoms with van der Waals surface area (Å²) in [5, 5.41) is 3.31. The van der Waals surface area contributed by atoms with Crippen LogP contribution in [0.15, 0.2) is 12.1 Å². The quantitative estimate of drug-likeness (QED) is 0.590. The van der Waals surface area contributed by atoms with E-state index < -0.39 is 0 Å². The molecule has 0 fully saturated rings. The van der Waals surface area contributed by atoms with Gasteiger partial charge in [-0.15, -0.1) is 0 Å². The van der Waals surface area contributed by atoms with E-state index in [9.17, 15) is 4.79 Å².